The molecule has 0 aromatic heterocycles. The zero-order valence-electron chi connectivity index (χ0n) is 13.5. The summed E-state index contributed by atoms with van der Waals surface area (Å²) >= 11 is 0. The lowest BCUT2D eigenvalue weighted by molar-refractivity contribution is -0.126. The van der Waals surface area contributed by atoms with Gasteiger partial charge in [-0.15, -0.1) is 0 Å². The molecule has 1 heterocycles. The Morgan fingerprint density at radius 2 is 1.70 bits per heavy atom. The molecule has 3 N–H and O–H groups in total. The number of benzene rings is 1. The number of nitrogens with zero attached hydrogens (tertiary/aromatic N) is 1. The van der Waals surface area contributed by atoms with Gasteiger partial charge in [0, 0.05) is 6.54 Å². The highest BCUT2D eigenvalue weighted by Gasteiger charge is 2.43. The predicted molar refractivity (Wildman–Crippen MR) is 86.9 cm³/mol. The van der Waals surface area contributed by atoms with Crippen LogP contribution < -0.4 is 11.1 Å². The number of hydrogen-bond acceptors (Lipinski definition) is 4. The largest absolute Gasteiger partial charge is 0.354 e. The van der Waals surface area contributed by atoms with Crippen molar-refractivity contribution < 1.29 is 14.4 Å². The van der Waals surface area contributed by atoms with Gasteiger partial charge in [-0.2, -0.15) is 0 Å². The van der Waals surface area contributed by atoms with E-state index < -0.39 is 17.9 Å². The first kappa shape index (κ1) is 17.1. The van der Waals surface area contributed by atoms with E-state index in [1.54, 1.807) is 24.3 Å². The van der Waals surface area contributed by atoms with Crippen LogP contribution in [0.1, 0.15) is 47.4 Å². The number of rotatable bonds is 7. The van der Waals surface area contributed by atoms with E-state index in [-0.39, 0.29) is 11.8 Å². The first-order valence-corrected chi connectivity index (χ1v) is 7.93. The average Bonchev–Trinajstić information content (AvgIpc) is 2.77. The molecule has 6 heteroatoms. The number of carbonyl (C=O) groups is 3. The van der Waals surface area contributed by atoms with Gasteiger partial charge in [0.15, 0.2) is 0 Å². The SMILES string of the molecule is CC(C)C(C(=O)NCCCCN)N1C(=O)c2ccccc2C1=O. The van der Waals surface area contributed by atoms with Crippen molar-refractivity contribution in [1.82, 2.24) is 10.2 Å². The molecule has 0 aliphatic carbocycles. The molecular formula is C17H23N3O3. The topological polar surface area (TPSA) is 92.5 Å². The summed E-state index contributed by atoms with van der Waals surface area (Å²) in [5.41, 5.74) is 6.15. The molecule has 1 aromatic carbocycles. The van der Waals surface area contributed by atoms with Crippen molar-refractivity contribution in [3.63, 3.8) is 0 Å². The normalized spacial score (nSPS) is 15.0. The van der Waals surface area contributed by atoms with Crippen molar-refractivity contribution in [1.29, 1.82) is 0 Å². The van der Waals surface area contributed by atoms with Crippen molar-refractivity contribution in [2.75, 3.05) is 13.1 Å². The molecule has 6 nitrogen and oxygen atoms in total. The van der Waals surface area contributed by atoms with Gasteiger partial charge in [0.25, 0.3) is 11.8 Å². The van der Waals surface area contributed by atoms with Crippen LogP contribution >= 0.6 is 0 Å². The van der Waals surface area contributed by atoms with Gasteiger partial charge in [0.05, 0.1) is 11.1 Å². The Kier molecular flexibility index (Phi) is 5.50. The van der Waals surface area contributed by atoms with E-state index in [9.17, 15) is 14.4 Å². The molecule has 0 bridgehead atoms. The van der Waals surface area contributed by atoms with Crippen LogP contribution in [0.2, 0.25) is 0 Å². The highest BCUT2D eigenvalue weighted by molar-refractivity contribution is 6.22. The predicted octanol–water partition coefficient (Wildman–Crippen LogP) is 1.16. The van der Waals surface area contributed by atoms with Gasteiger partial charge in [0.1, 0.15) is 6.04 Å². The van der Waals surface area contributed by atoms with Gasteiger partial charge < -0.3 is 11.1 Å². The standard InChI is InChI=1S/C17H23N3O3/c1-11(2)14(15(21)19-10-6-5-9-18)20-16(22)12-7-3-4-8-13(12)17(20)23/h3-4,7-8,11,14H,5-6,9-10,18H2,1-2H3,(H,19,21). The second-order valence-electron chi connectivity index (χ2n) is 6.00. The van der Waals surface area contributed by atoms with Gasteiger partial charge in [-0.1, -0.05) is 26.0 Å². The number of imide groups is 1. The maximum Gasteiger partial charge on any atom is 0.262 e. The summed E-state index contributed by atoms with van der Waals surface area (Å²) in [5.74, 6) is -1.28. The van der Waals surface area contributed by atoms with E-state index in [4.69, 9.17) is 5.73 Å². The van der Waals surface area contributed by atoms with Gasteiger partial charge in [-0.05, 0) is 37.4 Å². The number of carbonyl (C=O) groups excluding carboxylic acids is 3. The van der Waals surface area contributed by atoms with Crippen molar-refractivity contribution in [2.24, 2.45) is 11.7 Å². The molecular weight excluding hydrogens is 294 g/mol. The molecule has 2 rings (SSSR count). The first-order chi connectivity index (χ1) is 11.0. The van der Waals surface area contributed by atoms with Gasteiger partial charge >= 0.3 is 0 Å². The average molecular weight is 317 g/mol. The fourth-order valence-corrected chi connectivity index (χ4v) is 2.76. The minimum atomic E-state index is -0.805. The van der Waals surface area contributed by atoms with Gasteiger partial charge in [-0.3, -0.25) is 19.3 Å². The smallest absolute Gasteiger partial charge is 0.262 e. The van der Waals surface area contributed by atoms with Crippen LogP contribution in [0.25, 0.3) is 0 Å². The Morgan fingerprint density at radius 1 is 1.13 bits per heavy atom. The Hall–Kier alpha value is -2.21. The lowest BCUT2D eigenvalue weighted by Crippen LogP contribution is -2.52. The van der Waals surface area contributed by atoms with Crippen LogP contribution in [0.4, 0.5) is 0 Å². The van der Waals surface area contributed by atoms with Gasteiger partial charge in [-0.25, -0.2) is 0 Å². The molecule has 124 valence electrons. The Labute approximate surface area is 136 Å². The van der Waals surface area contributed by atoms with E-state index in [2.05, 4.69) is 5.32 Å². The monoisotopic (exact) mass is 317 g/mol. The third-order valence-electron chi connectivity index (χ3n) is 3.93. The first-order valence-electron chi connectivity index (χ1n) is 7.93. The van der Waals surface area contributed by atoms with Crippen molar-refractivity contribution in [3.05, 3.63) is 35.4 Å². The molecule has 1 atom stereocenters. The number of unbranched alkanes of at least 4 members (excludes halogenated alkanes) is 1. The summed E-state index contributed by atoms with van der Waals surface area (Å²) in [6, 6.07) is 5.86. The Morgan fingerprint density at radius 3 is 2.17 bits per heavy atom. The quantitative estimate of drug-likeness (QED) is 0.583. The third-order valence-corrected chi connectivity index (χ3v) is 3.93. The summed E-state index contributed by atoms with van der Waals surface area (Å²) in [7, 11) is 0. The number of nitrogens with one attached hydrogen (secondary N) is 1. The molecule has 0 fully saturated rings. The zero-order chi connectivity index (χ0) is 17.0. The summed E-state index contributed by atoms with van der Waals surface area (Å²) in [6.07, 6.45) is 1.59. The molecule has 0 spiro atoms. The van der Waals surface area contributed by atoms with Crippen LogP contribution in [-0.4, -0.2) is 41.8 Å². The second-order valence-corrected chi connectivity index (χ2v) is 6.00. The van der Waals surface area contributed by atoms with E-state index >= 15 is 0 Å². The molecule has 1 aliphatic rings. The Bertz CT molecular complexity index is 578. The Balaban J connectivity index is 2.18. The van der Waals surface area contributed by atoms with Crippen molar-refractivity contribution >= 4 is 17.7 Å². The fraction of sp³-hybridized carbons (Fsp3) is 0.471. The second kappa shape index (κ2) is 7.37. The van der Waals surface area contributed by atoms with Crippen LogP contribution in [0.15, 0.2) is 24.3 Å². The van der Waals surface area contributed by atoms with E-state index in [0.29, 0.717) is 24.2 Å². The summed E-state index contributed by atoms with van der Waals surface area (Å²) in [4.78, 5) is 38.7. The molecule has 0 saturated heterocycles. The molecule has 0 radical (unpaired) electrons. The molecule has 1 aliphatic heterocycles. The molecule has 1 aromatic rings. The van der Waals surface area contributed by atoms with Gasteiger partial charge in [0.2, 0.25) is 5.91 Å². The highest BCUT2D eigenvalue weighted by Crippen LogP contribution is 2.27. The summed E-state index contributed by atoms with van der Waals surface area (Å²) in [5, 5.41) is 2.80. The maximum atomic E-state index is 12.5. The molecule has 3 amide bonds. The molecule has 1 unspecified atom stereocenters. The van der Waals surface area contributed by atoms with E-state index in [1.807, 2.05) is 13.8 Å². The number of hydrogen-bond donors (Lipinski definition) is 2. The highest BCUT2D eigenvalue weighted by atomic mass is 16.2. The van der Waals surface area contributed by atoms with E-state index in [0.717, 1.165) is 17.7 Å². The number of nitrogens with two attached hydrogens (primary N) is 1. The zero-order valence-corrected chi connectivity index (χ0v) is 13.5. The number of amides is 3. The van der Waals surface area contributed by atoms with Crippen LogP contribution in [0, 0.1) is 5.92 Å². The molecule has 23 heavy (non-hydrogen) atoms. The maximum absolute atomic E-state index is 12.5. The van der Waals surface area contributed by atoms with Crippen LogP contribution in [-0.2, 0) is 4.79 Å². The molecule has 0 saturated carbocycles. The fourth-order valence-electron chi connectivity index (χ4n) is 2.76. The third kappa shape index (κ3) is 3.42. The summed E-state index contributed by atoms with van der Waals surface area (Å²) in [6.45, 7) is 4.71. The van der Waals surface area contributed by atoms with E-state index in [1.165, 1.54) is 0 Å². The summed E-state index contributed by atoms with van der Waals surface area (Å²) < 4.78 is 0. The lowest BCUT2D eigenvalue weighted by atomic mass is 10.0. The van der Waals surface area contributed by atoms with Crippen molar-refractivity contribution in [2.45, 2.75) is 32.7 Å². The number of fused-ring (bicyclic) bond motifs is 1. The lowest BCUT2D eigenvalue weighted by Gasteiger charge is -2.28. The van der Waals surface area contributed by atoms with Crippen LogP contribution in [0.5, 0.6) is 0 Å². The van der Waals surface area contributed by atoms with Crippen molar-refractivity contribution in [3.8, 4) is 0 Å². The minimum Gasteiger partial charge on any atom is -0.354 e. The minimum absolute atomic E-state index is 0.174. The van der Waals surface area contributed by atoms with Crippen LogP contribution in [0.3, 0.4) is 0 Å².